The van der Waals surface area contributed by atoms with E-state index in [0.29, 0.717) is 11.1 Å². The molecule has 0 N–H and O–H groups in total. The van der Waals surface area contributed by atoms with Crippen LogP contribution in [0.1, 0.15) is 39.3 Å². The van der Waals surface area contributed by atoms with E-state index in [9.17, 15) is 22.0 Å². The monoisotopic (exact) mass is 376 g/mol. The van der Waals surface area contributed by atoms with E-state index in [1.807, 2.05) is 0 Å². The summed E-state index contributed by atoms with van der Waals surface area (Å²) in [6.45, 7) is 4.53. The van der Waals surface area contributed by atoms with E-state index in [0.717, 1.165) is 6.07 Å². The van der Waals surface area contributed by atoms with Crippen molar-refractivity contribution in [2.24, 2.45) is 0 Å². The summed E-state index contributed by atoms with van der Waals surface area (Å²) in [6, 6.07) is 8.99. The SMILES string of the molecule is Cc1ccc(C(c2ccc(C)cc2F)c2c(F)cc(C)c(F)c2F)c(F)c1. The quantitative estimate of drug-likeness (QED) is 0.279. The minimum Gasteiger partial charge on any atom is -0.207 e. The van der Waals surface area contributed by atoms with E-state index < -0.39 is 40.6 Å². The molecule has 3 rings (SSSR count). The highest BCUT2D eigenvalue weighted by Gasteiger charge is 2.31. The first-order valence-electron chi connectivity index (χ1n) is 8.36. The number of hydrogen-bond donors (Lipinski definition) is 0. The fourth-order valence-corrected chi connectivity index (χ4v) is 3.20. The van der Waals surface area contributed by atoms with Gasteiger partial charge in [0.25, 0.3) is 0 Å². The molecule has 3 aromatic rings. The predicted molar refractivity (Wildman–Crippen MR) is 94.3 cm³/mol. The Morgan fingerprint density at radius 1 is 0.593 bits per heavy atom. The zero-order chi connectivity index (χ0) is 19.9. The Kier molecular flexibility index (Phi) is 5.05. The van der Waals surface area contributed by atoms with Gasteiger partial charge in [0, 0.05) is 22.6 Å². The van der Waals surface area contributed by atoms with Gasteiger partial charge < -0.3 is 0 Å². The van der Waals surface area contributed by atoms with E-state index in [4.69, 9.17) is 0 Å². The molecule has 0 aliphatic carbocycles. The molecule has 140 valence electrons. The lowest BCUT2D eigenvalue weighted by Gasteiger charge is -2.22. The average Bonchev–Trinajstić information content (AvgIpc) is 2.58. The van der Waals surface area contributed by atoms with Crippen molar-refractivity contribution in [1.82, 2.24) is 0 Å². The molecule has 0 atom stereocenters. The third-order valence-corrected chi connectivity index (χ3v) is 4.60. The number of rotatable bonds is 3. The Hall–Kier alpha value is -2.69. The molecule has 0 aromatic heterocycles. The molecule has 0 fully saturated rings. The Morgan fingerprint density at radius 2 is 1.07 bits per heavy atom. The predicted octanol–water partition coefficient (Wildman–Crippen LogP) is 6.49. The van der Waals surface area contributed by atoms with Crippen LogP contribution in [0.3, 0.4) is 0 Å². The minimum absolute atomic E-state index is 0.135. The summed E-state index contributed by atoms with van der Waals surface area (Å²) >= 11 is 0. The zero-order valence-electron chi connectivity index (χ0n) is 15.0. The molecule has 0 heterocycles. The summed E-state index contributed by atoms with van der Waals surface area (Å²) in [7, 11) is 0. The maximum Gasteiger partial charge on any atom is 0.166 e. The topological polar surface area (TPSA) is 0 Å². The Bertz CT molecular complexity index is 972. The summed E-state index contributed by atoms with van der Waals surface area (Å²) in [6.07, 6.45) is 0. The van der Waals surface area contributed by atoms with Crippen molar-refractivity contribution in [3.8, 4) is 0 Å². The lowest BCUT2D eigenvalue weighted by Crippen LogP contribution is -2.14. The fourth-order valence-electron chi connectivity index (χ4n) is 3.20. The fraction of sp³-hybridized carbons (Fsp3) is 0.182. The van der Waals surface area contributed by atoms with E-state index in [1.165, 1.54) is 31.2 Å². The molecule has 3 aromatic carbocycles. The molecule has 0 saturated carbocycles. The number of benzene rings is 3. The Morgan fingerprint density at radius 3 is 1.52 bits per heavy atom. The summed E-state index contributed by atoms with van der Waals surface area (Å²) in [4.78, 5) is 0. The van der Waals surface area contributed by atoms with Gasteiger partial charge in [-0.3, -0.25) is 0 Å². The van der Waals surface area contributed by atoms with Gasteiger partial charge >= 0.3 is 0 Å². The van der Waals surface area contributed by atoms with Crippen LogP contribution in [-0.4, -0.2) is 0 Å². The van der Waals surface area contributed by atoms with Gasteiger partial charge in [0.15, 0.2) is 11.6 Å². The van der Waals surface area contributed by atoms with Gasteiger partial charge in [-0.1, -0.05) is 24.3 Å². The first-order valence-corrected chi connectivity index (χ1v) is 8.36. The summed E-state index contributed by atoms with van der Waals surface area (Å²) < 4.78 is 72.9. The third kappa shape index (κ3) is 3.46. The van der Waals surface area contributed by atoms with Crippen LogP contribution in [0.15, 0.2) is 42.5 Å². The number of hydrogen-bond acceptors (Lipinski definition) is 0. The van der Waals surface area contributed by atoms with Gasteiger partial charge in [0.2, 0.25) is 0 Å². The van der Waals surface area contributed by atoms with E-state index >= 15 is 0 Å². The van der Waals surface area contributed by atoms with Crippen molar-refractivity contribution in [3.63, 3.8) is 0 Å². The van der Waals surface area contributed by atoms with Gasteiger partial charge in [-0.05, 0) is 55.7 Å². The third-order valence-electron chi connectivity index (χ3n) is 4.60. The van der Waals surface area contributed by atoms with Crippen LogP contribution in [0.4, 0.5) is 22.0 Å². The van der Waals surface area contributed by atoms with Crippen molar-refractivity contribution in [3.05, 3.63) is 105 Å². The van der Waals surface area contributed by atoms with Crippen LogP contribution < -0.4 is 0 Å². The molecule has 0 amide bonds. The van der Waals surface area contributed by atoms with Crippen LogP contribution >= 0.6 is 0 Å². The molecular formula is C22H17F5. The lowest BCUT2D eigenvalue weighted by molar-refractivity contribution is 0.468. The second-order valence-corrected chi connectivity index (χ2v) is 6.70. The van der Waals surface area contributed by atoms with Gasteiger partial charge in [0.1, 0.15) is 17.5 Å². The maximum atomic E-state index is 14.7. The Labute approximate surface area is 154 Å². The summed E-state index contributed by atoms with van der Waals surface area (Å²) in [5, 5.41) is 0. The highest BCUT2D eigenvalue weighted by atomic mass is 19.2. The average molecular weight is 376 g/mol. The summed E-state index contributed by atoms with van der Waals surface area (Å²) in [5.74, 6) is -6.72. The first kappa shape index (κ1) is 19.1. The molecule has 27 heavy (non-hydrogen) atoms. The molecular weight excluding hydrogens is 359 g/mol. The van der Waals surface area contributed by atoms with Gasteiger partial charge in [0.05, 0.1) is 0 Å². The first-order chi connectivity index (χ1) is 12.7. The van der Waals surface area contributed by atoms with Crippen molar-refractivity contribution >= 4 is 0 Å². The highest BCUT2D eigenvalue weighted by Crippen LogP contribution is 2.39. The highest BCUT2D eigenvalue weighted by molar-refractivity contribution is 5.47. The molecule has 0 aliphatic rings. The number of aryl methyl sites for hydroxylation is 3. The minimum atomic E-state index is -1.47. The molecule has 0 unspecified atom stereocenters. The van der Waals surface area contributed by atoms with Crippen molar-refractivity contribution < 1.29 is 22.0 Å². The van der Waals surface area contributed by atoms with Crippen LogP contribution in [0.25, 0.3) is 0 Å². The standard InChI is InChI=1S/C22H17F5/c1-11-4-6-14(16(23)8-11)19(15-7-5-12(2)9-17(15)24)20-18(25)10-13(3)21(26)22(20)27/h4-10,19H,1-3H3. The van der Waals surface area contributed by atoms with Crippen molar-refractivity contribution in [1.29, 1.82) is 0 Å². The van der Waals surface area contributed by atoms with Crippen molar-refractivity contribution in [2.45, 2.75) is 26.7 Å². The molecule has 0 spiro atoms. The van der Waals surface area contributed by atoms with Gasteiger partial charge in [-0.25, -0.2) is 22.0 Å². The van der Waals surface area contributed by atoms with Crippen LogP contribution in [0.5, 0.6) is 0 Å². The molecule has 0 radical (unpaired) electrons. The molecule has 5 heteroatoms. The lowest BCUT2D eigenvalue weighted by atomic mass is 9.83. The van der Waals surface area contributed by atoms with Gasteiger partial charge in [-0.2, -0.15) is 0 Å². The molecule has 0 aliphatic heterocycles. The molecule has 0 nitrogen and oxygen atoms in total. The van der Waals surface area contributed by atoms with Crippen LogP contribution in [0.2, 0.25) is 0 Å². The van der Waals surface area contributed by atoms with E-state index in [-0.39, 0.29) is 16.7 Å². The number of halogens is 5. The van der Waals surface area contributed by atoms with E-state index in [2.05, 4.69) is 0 Å². The second kappa shape index (κ2) is 7.14. The van der Waals surface area contributed by atoms with Gasteiger partial charge in [-0.15, -0.1) is 0 Å². The van der Waals surface area contributed by atoms with Crippen molar-refractivity contribution in [2.75, 3.05) is 0 Å². The second-order valence-electron chi connectivity index (χ2n) is 6.70. The maximum absolute atomic E-state index is 14.7. The van der Waals surface area contributed by atoms with E-state index in [1.54, 1.807) is 26.0 Å². The molecule has 0 saturated heterocycles. The zero-order valence-corrected chi connectivity index (χ0v) is 15.0. The largest absolute Gasteiger partial charge is 0.207 e. The van der Waals surface area contributed by atoms with Crippen LogP contribution in [0, 0.1) is 49.9 Å². The normalized spacial score (nSPS) is 11.3. The summed E-state index contributed by atoms with van der Waals surface area (Å²) in [5.41, 5.74) is -0.0236. The molecule has 0 bridgehead atoms. The smallest absolute Gasteiger partial charge is 0.166 e. The van der Waals surface area contributed by atoms with Crippen LogP contribution in [-0.2, 0) is 0 Å². The Balaban J connectivity index is 2.37.